The first kappa shape index (κ1) is 29.8. The van der Waals surface area contributed by atoms with E-state index in [1.165, 1.54) is 0 Å². The Balaban J connectivity index is 1.28. The molecular formula is C42H30N3OP. The van der Waals surface area contributed by atoms with Crippen molar-refractivity contribution in [2.45, 2.75) is 6.92 Å². The van der Waals surface area contributed by atoms with Gasteiger partial charge in [0.15, 0.2) is 13.0 Å². The molecule has 0 radical (unpaired) electrons. The Morgan fingerprint density at radius 3 is 1.96 bits per heavy atom. The molecule has 7 rings (SSSR count). The van der Waals surface area contributed by atoms with Crippen LogP contribution in [0.4, 0.5) is 0 Å². The van der Waals surface area contributed by atoms with Crippen LogP contribution in [0.25, 0.3) is 49.9 Å². The van der Waals surface area contributed by atoms with Crippen molar-refractivity contribution in [2.75, 3.05) is 0 Å². The maximum Gasteiger partial charge on any atom is 0.171 e. The van der Waals surface area contributed by atoms with E-state index >= 15 is 0 Å². The first-order chi connectivity index (χ1) is 23.1. The van der Waals surface area contributed by atoms with Crippen molar-refractivity contribution >= 4 is 50.3 Å². The summed E-state index contributed by atoms with van der Waals surface area (Å²) in [6.07, 6.45) is 13.2. The lowest BCUT2D eigenvalue weighted by Crippen LogP contribution is -2.24. The summed E-state index contributed by atoms with van der Waals surface area (Å²) >= 11 is 0. The zero-order valence-electron chi connectivity index (χ0n) is 25.8. The molecule has 4 nitrogen and oxygen atoms in total. The molecule has 224 valence electrons. The standard InChI is InChI=1S/C42H30N3OP/c1-3-13-31(14-4-2)41-38-20-12-11-19-36(38)37-26-23-32(29-40(37)44-41)42-43-28-27-39(45-42)30-21-24-35(25-22-30)47(46,33-15-7-5-8-16-33)34-17-9-6-10-18-34/h1,4-29H,2H3/b14-4-,31-13+. The number of hydrogen-bond donors (Lipinski definition) is 0. The zero-order chi connectivity index (χ0) is 32.2. The lowest BCUT2D eigenvalue weighted by atomic mass is 9.98. The first-order valence-electron chi connectivity index (χ1n) is 15.4. The molecule has 5 heteroatoms. The molecule has 0 bridgehead atoms. The average molecular weight is 624 g/mol. The largest absolute Gasteiger partial charge is 0.309 e. The molecular weight excluding hydrogens is 593 g/mol. The lowest BCUT2D eigenvalue weighted by molar-refractivity contribution is 0.592. The van der Waals surface area contributed by atoms with Gasteiger partial charge in [0, 0.05) is 49.6 Å². The number of allylic oxidation sites excluding steroid dienone is 4. The van der Waals surface area contributed by atoms with E-state index in [-0.39, 0.29) is 0 Å². The minimum Gasteiger partial charge on any atom is -0.309 e. The number of rotatable bonds is 7. The first-order valence-corrected chi connectivity index (χ1v) is 17.1. The van der Waals surface area contributed by atoms with Crippen LogP contribution in [-0.2, 0) is 4.57 Å². The van der Waals surface area contributed by atoms with E-state index in [0.717, 1.165) is 65.7 Å². The van der Waals surface area contributed by atoms with Crippen LogP contribution in [0.2, 0.25) is 0 Å². The van der Waals surface area contributed by atoms with Crippen molar-refractivity contribution in [1.82, 2.24) is 15.0 Å². The Morgan fingerprint density at radius 1 is 0.681 bits per heavy atom. The van der Waals surface area contributed by atoms with Gasteiger partial charge in [0.05, 0.1) is 16.9 Å². The van der Waals surface area contributed by atoms with Crippen molar-refractivity contribution in [3.63, 3.8) is 0 Å². The van der Waals surface area contributed by atoms with Gasteiger partial charge in [0.1, 0.15) is 0 Å². The highest BCUT2D eigenvalue weighted by Crippen LogP contribution is 2.42. The molecule has 5 aromatic carbocycles. The number of hydrogen-bond acceptors (Lipinski definition) is 4. The number of fused-ring (bicyclic) bond motifs is 3. The summed E-state index contributed by atoms with van der Waals surface area (Å²) in [4.78, 5) is 14.7. The second kappa shape index (κ2) is 12.9. The molecule has 2 aromatic heterocycles. The van der Waals surface area contributed by atoms with Crippen LogP contribution in [0.3, 0.4) is 0 Å². The van der Waals surface area contributed by atoms with Gasteiger partial charge in [0.25, 0.3) is 0 Å². The predicted octanol–water partition coefficient (Wildman–Crippen LogP) is 8.74. The SMILES string of the molecule is C#C/C=C(\C=C/C)c1nc2cc(-c3nccc(-c4ccc(P(=O)(c5ccccc5)c5ccccc5)cc4)n3)ccc2c2ccccc12. The minimum absolute atomic E-state index is 0.595. The zero-order valence-corrected chi connectivity index (χ0v) is 26.7. The third kappa shape index (κ3) is 5.59. The summed E-state index contributed by atoms with van der Waals surface area (Å²) in [5.74, 6) is 3.26. The van der Waals surface area contributed by atoms with Crippen LogP contribution in [0, 0.1) is 12.3 Å². The van der Waals surface area contributed by atoms with E-state index in [0.29, 0.717) is 5.82 Å². The Hall–Kier alpha value is -5.88. The molecule has 0 unspecified atom stereocenters. The molecule has 7 aromatic rings. The van der Waals surface area contributed by atoms with Gasteiger partial charge in [-0.2, -0.15) is 0 Å². The van der Waals surface area contributed by atoms with Gasteiger partial charge < -0.3 is 4.57 Å². The number of nitrogens with zero attached hydrogens (tertiary/aromatic N) is 3. The van der Waals surface area contributed by atoms with Gasteiger partial charge in [-0.05, 0) is 30.5 Å². The smallest absolute Gasteiger partial charge is 0.171 e. The molecule has 0 aliphatic carbocycles. The molecule has 0 fully saturated rings. The van der Waals surface area contributed by atoms with E-state index in [2.05, 4.69) is 29.1 Å². The number of pyridine rings is 1. The normalized spacial score (nSPS) is 12.0. The van der Waals surface area contributed by atoms with Crippen LogP contribution in [0.5, 0.6) is 0 Å². The van der Waals surface area contributed by atoms with Crippen LogP contribution >= 0.6 is 7.14 Å². The van der Waals surface area contributed by atoms with Crippen LogP contribution in [0.1, 0.15) is 12.6 Å². The Labute approximate surface area is 274 Å². The van der Waals surface area contributed by atoms with Crippen LogP contribution in [0.15, 0.2) is 158 Å². The fraction of sp³-hybridized carbons (Fsp3) is 0.0238. The molecule has 2 heterocycles. The molecule has 47 heavy (non-hydrogen) atoms. The van der Waals surface area contributed by atoms with Crippen molar-refractivity contribution < 1.29 is 4.57 Å². The second-order valence-corrected chi connectivity index (χ2v) is 13.9. The maximum absolute atomic E-state index is 14.8. The van der Waals surface area contributed by atoms with Crippen LogP contribution in [-0.4, -0.2) is 15.0 Å². The number of benzene rings is 5. The van der Waals surface area contributed by atoms with Gasteiger partial charge in [-0.3, -0.25) is 0 Å². The van der Waals surface area contributed by atoms with Gasteiger partial charge >= 0.3 is 0 Å². The van der Waals surface area contributed by atoms with Crippen molar-refractivity contribution in [2.24, 2.45) is 0 Å². The van der Waals surface area contributed by atoms with Gasteiger partial charge in [-0.15, -0.1) is 6.42 Å². The van der Waals surface area contributed by atoms with Crippen molar-refractivity contribution in [3.8, 4) is 35.0 Å². The Kier molecular flexibility index (Phi) is 8.15. The molecule has 0 amide bonds. The van der Waals surface area contributed by atoms with Crippen molar-refractivity contribution in [1.29, 1.82) is 0 Å². The molecule has 0 atom stereocenters. The monoisotopic (exact) mass is 623 g/mol. The fourth-order valence-electron chi connectivity index (χ4n) is 6.00. The summed E-state index contributed by atoms with van der Waals surface area (Å²) in [5, 5.41) is 5.56. The lowest BCUT2D eigenvalue weighted by Gasteiger charge is -2.20. The van der Waals surface area contributed by atoms with E-state index in [1.54, 1.807) is 12.3 Å². The molecule has 0 aliphatic rings. The molecule has 0 spiro atoms. The van der Waals surface area contributed by atoms with E-state index in [1.807, 2.05) is 134 Å². The summed E-state index contributed by atoms with van der Waals surface area (Å²) in [5.41, 5.74) is 5.09. The highest BCUT2D eigenvalue weighted by atomic mass is 31.2. The predicted molar refractivity (Wildman–Crippen MR) is 197 cm³/mol. The fourth-order valence-corrected chi connectivity index (χ4v) is 8.65. The van der Waals surface area contributed by atoms with Gasteiger partial charge in [0.2, 0.25) is 0 Å². The van der Waals surface area contributed by atoms with E-state index in [9.17, 15) is 4.57 Å². The third-order valence-corrected chi connectivity index (χ3v) is 11.3. The van der Waals surface area contributed by atoms with Crippen LogP contribution < -0.4 is 15.9 Å². The highest BCUT2D eigenvalue weighted by Gasteiger charge is 2.29. The summed E-state index contributed by atoms with van der Waals surface area (Å²) in [6.45, 7) is 1.97. The summed E-state index contributed by atoms with van der Waals surface area (Å²) in [6, 6.07) is 43.6. The van der Waals surface area contributed by atoms with E-state index < -0.39 is 7.14 Å². The third-order valence-electron chi connectivity index (χ3n) is 8.24. The second-order valence-electron chi connectivity index (χ2n) is 11.1. The highest BCUT2D eigenvalue weighted by molar-refractivity contribution is 7.85. The van der Waals surface area contributed by atoms with E-state index in [4.69, 9.17) is 16.4 Å². The molecule has 0 aliphatic heterocycles. The molecule has 0 saturated carbocycles. The Morgan fingerprint density at radius 2 is 1.30 bits per heavy atom. The average Bonchev–Trinajstić information content (AvgIpc) is 3.14. The Bertz CT molecular complexity index is 2350. The molecule has 0 N–H and O–H groups in total. The minimum atomic E-state index is -3.07. The number of terminal acetylenes is 1. The van der Waals surface area contributed by atoms with Gasteiger partial charge in [-0.1, -0.05) is 139 Å². The summed E-state index contributed by atoms with van der Waals surface area (Å²) < 4.78 is 14.8. The maximum atomic E-state index is 14.8. The topological polar surface area (TPSA) is 55.7 Å². The van der Waals surface area contributed by atoms with Gasteiger partial charge in [-0.25, -0.2) is 15.0 Å². The quantitative estimate of drug-likeness (QED) is 0.0771. The molecule has 0 saturated heterocycles. The number of aromatic nitrogens is 3. The summed E-state index contributed by atoms with van der Waals surface area (Å²) in [7, 11) is -3.07. The van der Waals surface area contributed by atoms with Crippen molar-refractivity contribution in [3.05, 3.63) is 164 Å².